The Kier molecular flexibility index (Phi) is 7.63. The fraction of sp³-hybridized carbons (Fsp3) is 0.214. The fourth-order valence-electron chi connectivity index (χ4n) is 4.11. The number of para-hydroxylation sites is 2. The van der Waals surface area contributed by atoms with Gasteiger partial charge in [-0.05, 0) is 55.8 Å². The van der Waals surface area contributed by atoms with Crippen molar-refractivity contribution in [2.24, 2.45) is 7.05 Å². The molecule has 37 heavy (non-hydrogen) atoms. The van der Waals surface area contributed by atoms with Crippen molar-refractivity contribution >= 4 is 27.3 Å². The van der Waals surface area contributed by atoms with Gasteiger partial charge in [0.2, 0.25) is 0 Å². The Morgan fingerprint density at radius 2 is 1.59 bits per heavy atom. The number of hydrogen-bond donors (Lipinski definition) is 1. The molecule has 0 bridgehead atoms. The van der Waals surface area contributed by atoms with Crippen molar-refractivity contribution in [1.29, 1.82) is 0 Å². The van der Waals surface area contributed by atoms with Crippen LogP contribution in [0.15, 0.2) is 94.6 Å². The van der Waals surface area contributed by atoms with E-state index in [4.69, 9.17) is 0 Å². The standard InChI is InChI=1S/C28H30N4O4S/c1-4-5-19-31(23-14-8-6-9-15-23)37(35,36)25-18-12-13-22(20-25)27(33)29-26-21(2)30(3)32(28(26)34)24-16-10-7-11-17-24/h6-18,20H,4-5,19H2,1-3H3,(H,29,33). The molecule has 0 aliphatic heterocycles. The fourth-order valence-corrected chi connectivity index (χ4v) is 5.66. The number of unbranched alkanes of at least 4 members (excludes halogenated alkanes) is 1. The van der Waals surface area contributed by atoms with E-state index in [9.17, 15) is 18.0 Å². The van der Waals surface area contributed by atoms with Crippen molar-refractivity contribution in [1.82, 2.24) is 9.36 Å². The number of carbonyl (C=O) groups is 1. The molecule has 9 heteroatoms. The van der Waals surface area contributed by atoms with Gasteiger partial charge in [0, 0.05) is 19.2 Å². The highest BCUT2D eigenvalue weighted by molar-refractivity contribution is 7.92. The quantitative estimate of drug-likeness (QED) is 0.347. The topological polar surface area (TPSA) is 93.4 Å². The van der Waals surface area contributed by atoms with E-state index in [2.05, 4.69) is 5.32 Å². The van der Waals surface area contributed by atoms with Gasteiger partial charge in [0.05, 0.1) is 22.0 Å². The predicted molar refractivity (Wildman–Crippen MR) is 146 cm³/mol. The van der Waals surface area contributed by atoms with Gasteiger partial charge in [-0.1, -0.05) is 55.8 Å². The number of rotatable bonds is 9. The summed E-state index contributed by atoms with van der Waals surface area (Å²) in [5.41, 5.74) is 1.70. The van der Waals surface area contributed by atoms with Crippen molar-refractivity contribution in [3.05, 3.63) is 107 Å². The van der Waals surface area contributed by atoms with Crippen molar-refractivity contribution in [2.75, 3.05) is 16.2 Å². The summed E-state index contributed by atoms with van der Waals surface area (Å²) in [5, 5.41) is 2.70. The van der Waals surface area contributed by atoms with Crippen molar-refractivity contribution in [2.45, 2.75) is 31.6 Å². The van der Waals surface area contributed by atoms with Gasteiger partial charge in [0.1, 0.15) is 5.69 Å². The van der Waals surface area contributed by atoms with Gasteiger partial charge in [0.15, 0.2) is 0 Å². The summed E-state index contributed by atoms with van der Waals surface area (Å²) in [5.74, 6) is -0.567. The smallest absolute Gasteiger partial charge is 0.295 e. The number of amides is 1. The number of nitrogens with zero attached hydrogens (tertiary/aromatic N) is 3. The van der Waals surface area contributed by atoms with Gasteiger partial charge in [-0.25, -0.2) is 13.1 Å². The molecule has 3 aromatic carbocycles. The Bertz CT molecular complexity index is 1560. The first-order chi connectivity index (χ1) is 17.8. The van der Waals surface area contributed by atoms with Crippen molar-refractivity contribution < 1.29 is 13.2 Å². The van der Waals surface area contributed by atoms with Crippen LogP contribution in [-0.2, 0) is 17.1 Å². The van der Waals surface area contributed by atoms with Gasteiger partial charge in [-0.15, -0.1) is 0 Å². The van der Waals surface area contributed by atoms with Gasteiger partial charge in [-0.3, -0.25) is 18.6 Å². The third kappa shape index (κ3) is 5.22. The lowest BCUT2D eigenvalue weighted by molar-refractivity contribution is 0.102. The summed E-state index contributed by atoms with van der Waals surface area (Å²) in [6, 6.07) is 23.9. The zero-order valence-corrected chi connectivity index (χ0v) is 21.9. The molecule has 0 fully saturated rings. The molecule has 0 aliphatic carbocycles. The Morgan fingerprint density at radius 3 is 2.24 bits per heavy atom. The molecule has 8 nitrogen and oxygen atoms in total. The molecule has 1 heterocycles. The summed E-state index contributed by atoms with van der Waals surface area (Å²) >= 11 is 0. The first kappa shape index (κ1) is 26.0. The van der Waals surface area contributed by atoms with E-state index in [1.807, 2.05) is 31.2 Å². The monoisotopic (exact) mass is 518 g/mol. The van der Waals surface area contributed by atoms with E-state index in [1.54, 1.807) is 55.1 Å². The number of nitrogens with one attached hydrogen (secondary N) is 1. The number of benzene rings is 3. The van der Waals surface area contributed by atoms with E-state index < -0.39 is 15.9 Å². The Labute approximate surface area is 216 Å². The lowest BCUT2D eigenvalue weighted by atomic mass is 10.2. The first-order valence-electron chi connectivity index (χ1n) is 12.1. The summed E-state index contributed by atoms with van der Waals surface area (Å²) in [4.78, 5) is 26.4. The molecule has 0 radical (unpaired) electrons. The summed E-state index contributed by atoms with van der Waals surface area (Å²) in [6.07, 6.45) is 1.52. The Balaban J connectivity index is 1.66. The van der Waals surface area contributed by atoms with Gasteiger partial charge < -0.3 is 5.32 Å². The van der Waals surface area contributed by atoms with Crippen LogP contribution in [0, 0.1) is 6.92 Å². The number of aromatic nitrogens is 2. The van der Waals surface area contributed by atoms with E-state index in [0.29, 0.717) is 30.0 Å². The molecule has 0 saturated heterocycles. The molecule has 0 aliphatic rings. The van der Waals surface area contributed by atoms with E-state index >= 15 is 0 Å². The van der Waals surface area contributed by atoms with Gasteiger partial charge >= 0.3 is 0 Å². The molecule has 1 N–H and O–H groups in total. The molecular weight excluding hydrogens is 488 g/mol. The number of carbonyl (C=O) groups excluding carboxylic acids is 1. The SMILES string of the molecule is CCCCN(c1ccccc1)S(=O)(=O)c1cccc(C(=O)Nc2c(C)n(C)n(-c3ccccc3)c2=O)c1. The lowest BCUT2D eigenvalue weighted by Crippen LogP contribution is -2.32. The van der Waals surface area contributed by atoms with E-state index in [-0.39, 0.29) is 21.7 Å². The second kappa shape index (κ2) is 10.9. The highest BCUT2D eigenvalue weighted by Crippen LogP contribution is 2.25. The molecule has 4 aromatic rings. The molecular formula is C28H30N4O4S. The lowest BCUT2D eigenvalue weighted by Gasteiger charge is -2.24. The zero-order chi connectivity index (χ0) is 26.6. The average Bonchev–Trinajstić information content (AvgIpc) is 3.12. The molecule has 0 atom stereocenters. The van der Waals surface area contributed by atoms with Crippen molar-refractivity contribution in [3.63, 3.8) is 0 Å². The highest BCUT2D eigenvalue weighted by Gasteiger charge is 2.26. The molecule has 0 spiro atoms. The number of anilines is 2. The van der Waals surface area contributed by atoms with Crippen LogP contribution in [0.4, 0.5) is 11.4 Å². The summed E-state index contributed by atoms with van der Waals surface area (Å²) in [6.45, 7) is 4.06. The third-order valence-electron chi connectivity index (χ3n) is 6.24. The summed E-state index contributed by atoms with van der Waals surface area (Å²) in [7, 11) is -2.19. The predicted octanol–water partition coefficient (Wildman–Crippen LogP) is 4.73. The van der Waals surface area contributed by atoms with Crippen LogP contribution in [-0.4, -0.2) is 30.2 Å². The highest BCUT2D eigenvalue weighted by atomic mass is 32.2. The van der Waals surface area contributed by atoms with Crippen LogP contribution in [0.5, 0.6) is 0 Å². The average molecular weight is 519 g/mol. The Hall–Kier alpha value is -4.11. The second-order valence-corrected chi connectivity index (χ2v) is 10.5. The number of sulfonamides is 1. The van der Waals surface area contributed by atoms with Crippen LogP contribution in [0.3, 0.4) is 0 Å². The minimum absolute atomic E-state index is 0.00610. The van der Waals surface area contributed by atoms with Crippen LogP contribution in [0.1, 0.15) is 35.8 Å². The summed E-state index contributed by atoms with van der Waals surface area (Å²) < 4.78 is 31.7. The van der Waals surface area contributed by atoms with Crippen LogP contribution in [0.2, 0.25) is 0 Å². The minimum atomic E-state index is -3.93. The maximum atomic E-state index is 13.6. The molecule has 192 valence electrons. The third-order valence-corrected chi connectivity index (χ3v) is 8.06. The van der Waals surface area contributed by atoms with E-state index in [0.717, 1.165) is 6.42 Å². The minimum Gasteiger partial charge on any atom is -0.316 e. The molecule has 1 aromatic heterocycles. The second-order valence-electron chi connectivity index (χ2n) is 8.68. The normalized spacial score (nSPS) is 11.3. The number of hydrogen-bond acceptors (Lipinski definition) is 4. The maximum Gasteiger partial charge on any atom is 0.295 e. The molecule has 0 unspecified atom stereocenters. The van der Waals surface area contributed by atoms with Crippen LogP contribution < -0.4 is 15.2 Å². The zero-order valence-electron chi connectivity index (χ0n) is 21.1. The molecule has 1 amide bonds. The van der Waals surface area contributed by atoms with Gasteiger partial charge in [-0.2, -0.15) is 0 Å². The van der Waals surface area contributed by atoms with Gasteiger partial charge in [0.25, 0.3) is 21.5 Å². The molecule has 0 saturated carbocycles. The maximum absolute atomic E-state index is 13.6. The van der Waals surface area contributed by atoms with E-state index in [1.165, 1.54) is 33.3 Å². The molecule has 4 rings (SSSR count). The van der Waals surface area contributed by atoms with Crippen LogP contribution in [0.25, 0.3) is 5.69 Å². The first-order valence-corrected chi connectivity index (χ1v) is 13.5. The Morgan fingerprint density at radius 1 is 0.946 bits per heavy atom. The largest absolute Gasteiger partial charge is 0.316 e. The van der Waals surface area contributed by atoms with Crippen molar-refractivity contribution in [3.8, 4) is 5.69 Å². The van der Waals surface area contributed by atoms with Crippen LogP contribution >= 0.6 is 0 Å².